The number of carbonyl (C=O) groups is 2. The van der Waals surface area contributed by atoms with Crippen molar-refractivity contribution in [1.82, 2.24) is 24.8 Å². The Kier molecular flexibility index (Phi) is 11.6. The molecule has 2 aliphatic rings. The first kappa shape index (κ1) is 33.1. The second kappa shape index (κ2) is 15.8. The normalized spacial score (nSPS) is 16.6. The zero-order valence-corrected chi connectivity index (χ0v) is 27.1. The largest absolute Gasteiger partial charge is 0.481 e. The SMILES string of the molecule is CCCC(=O)CC1CCN(Cc2cc(Oc3cnc(N4CCN(CCC(=O)O)CC4)nc3)nc(-c3cc(Cl)cc(Cl)c3)c2)CC1. The van der Waals surface area contributed by atoms with E-state index in [0.717, 1.165) is 76.2 Å². The van der Waals surface area contributed by atoms with Crippen LogP contribution in [0.15, 0.2) is 42.7 Å². The monoisotopic (exact) mass is 654 g/mol. The topological polar surface area (TPSA) is 112 Å². The van der Waals surface area contributed by atoms with Crippen LogP contribution in [-0.2, 0) is 16.1 Å². The zero-order chi connectivity index (χ0) is 31.8. The number of carbonyl (C=O) groups excluding carboxylic acids is 1. The molecule has 0 unspecified atom stereocenters. The van der Waals surface area contributed by atoms with E-state index in [1.807, 2.05) is 24.3 Å². The van der Waals surface area contributed by atoms with E-state index in [-0.39, 0.29) is 6.42 Å². The quantitative estimate of drug-likeness (QED) is 0.228. The number of aromatic nitrogens is 3. The van der Waals surface area contributed by atoms with Crippen molar-refractivity contribution in [2.45, 2.75) is 52.0 Å². The number of carboxylic acids is 1. The summed E-state index contributed by atoms with van der Waals surface area (Å²) >= 11 is 12.7. The summed E-state index contributed by atoms with van der Waals surface area (Å²) in [5.41, 5.74) is 2.54. The van der Waals surface area contributed by atoms with Gasteiger partial charge in [0.05, 0.1) is 24.5 Å². The predicted octanol–water partition coefficient (Wildman–Crippen LogP) is 6.21. The highest BCUT2D eigenvalue weighted by molar-refractivity contribution is 6.35. The molecule has 0 spiro atoms. The van der Waals surface area contributed by atoms with Crippen LogP contribution in [0.2, 0.25) is 10.0 Å². The molecular weight excluding hydrogens is 615 g/mol. The smallest absolute Gasteiger partial charge is 0.304 e. The average molecular weight is 656 g/mol. The second-order valence-corrected chi connectivity index (χ2v) is 12.7. The Labute approximate surface area is 274 Å². The van der Waals surface area contributed by atoms with E-state index in [1.165, 1.54) is 0 Å². The third-order valence-corrected chi connectivity index (χ3v) is 8.75. The summed E-state index contributed by atoms with van der Waals surface area (Å²) < 4.78 is 6.19. The van der Waals surface area contributed by atoms with E-state index < -0.39 is 5.97 Å². The third-order valence-electron chi connectivity index (χ3n) is 8.31. The molecule has 2 aliphatic heterocycles. The molecule has 2 aromatic heterocycles. The number of pyridine rings is 1. The number of rotatable bonds is 13. The number of benzene rings is 1. The molecule has 240 valence electrons. The number of likely N-dealkylation sites (tertiary alicyclic amines) is 1. The molecule has 5 rings (SSSR count). The molecule has 45 heavy (non-hydrogen) atoms. The summed E-state index contributed by atoms with van der Waals surface area (Å²) in [6, 6.07) is 9.35. The van der Waals surface area contributed by atoms with Crippen molar-refractivity contribution in [3.05, 3.63) is 58.3 Å². The lowest BCUT2D eigenvalue weighted by Gasteiger charge is -2.34. The van der Waals surface area contributed by atoms with Gasteiger partial charge in [-0.15, -0.1) is 0 Å². The number of anilines is 1. The van der Waals surface area contributed by atoms with Crippen LogP contribution in [0.3, 0.4) is 0 Å². The minimum Gasteiger partial charge on any atom is -0.481 e. The minimum atomic E-state index is -0.781. The molecule has 10 nitrogen and oxygen atoms in total. The van der Waals surface area contributed by atoms with Crippen molar-refractivity contribution in [3.8, 4) is 22.9 Å². The maximum Gasteiger partial charge on any atom is 0.304 e. The molecule has 3 aromatic rings. The molecule has 1 aromatic carbocycles. The number of piperazine rings is 1. The highest BCUT2D eigenvalue weighted by Gasteiger charge is 2.23. The van der Waals surface area contributed by atoms with Crippen molar-refractivity contribution in [3.63, 3.8) is 0 Å². The Bertz CT molecular complexity index is 1440. The van der Waals surface area contributed by atoms with Gasteiger partial charge in [-0.05, 0) is 68.1 Å². The van der Waals surface area contributed by atoms with E-state index >= 15 is 0 Å². The van der Waals surface area contributed by atoms with Crippen LogP contribution in [0.4, 0.5) is 5.95 Å². The first-order valence-electron chi connectivity index (χ1n) is 15.6. The number of Topliss-reactive ketones (excluding diaryl/α,β-unsaturated/α-hetero) is 1. The van der Waals surface area contributed by atoms with Crippen LogP contribution in [0.5, 0.6) is 11.6 Å². The van der Waals surface area contributed by atoms with Crippen molar-refractivity contribution >= 4 is 40.9 Å². The maximum absolute atomic E-state index is 12.2. The van der Waals surface area contributed by atoms with Crippen molar-refractivity contribution in [2.75, 3.05) is 50.7 Å². The lowest BCUT2D eigenvalue weighted by atomic mass is 9.90. The summed E-state index contributed by atoms with van der Waals surface area (Å²) in [5.74, 6) is 1.56. The molecular formula is C33H40Cl2N6O4. The van der Waals surface area contributed by atoms with Gasteiger partial charge in [0.25, 0.3) is 0 Å². The molecule has 0 bridgehead atoms. The lowest BCUT2D eigenvalue weighted by Crippen LogP contribution is -2.47. The van der Waals surface area contributed by atoms with E-state index in [1.54, 1.807) is 18.5 Å². The minimum absolute atomic E-state index is 0.142. The number of carboxylic acid groups (broad SMARTS) is 1. The van der Waals surface area contributed by atoms with Crippen LogP contribution in [0.25, 0.3) is 11.3 Å². The molecule has 2 saturated heterocycles. The van der Waals surface area contributed by atoms with Crippen LogP contribution in [0.1, 0.15) is 51.0 Å². The molecule has 0 radical (unpaired) electrons. The molecule has 1 N–H and O–H groups in total. The van der Waals surface area contributed by atoms with Crippen LogP contribution < -0.4 is 9.64 Å². The van der Waals surface area contributed by atoms with Crippen LogP contribution >= 0.6 is 23.2 Å². The summed E-state index contributed by atoms with van der Waals surface area (Å²) in [6.07, 6.45) is 7.75. The number of hydrogen-bond acceptors (Lipinski definition) is 9. The predicted molar refractivity (Wildman–Crippen MR) is 175 cm³/mol. The second-order valence-electron chi connectivity index (χ2n) is 11.9. The number of piperidine rings is 1. The van der Waals surface area contributed by atoms with Gasteiger partial charge in [-0.25, -0.2) is 15.0 Å². The van der Waals surface area contributed by atoms with Crippen molar-refractivity contribution < 1.29 is 19.4 Å². The number of nitrogens with zero attached hydrogens (tertiary/aromatic N) is 6. The molecule has 0 atom stereocenters. The molecule has 2 fully saturated rings. The summed E-state index contributed by atoms with van der Waals surface area (Å²) in [6.45, 7) is 8.16. The Morgan fingerprint density at radius 1 is 0.911 bits per heavy atom. The van der Waals surface area contributed by atoms with E-state index in [9.17, 15) is 9.59 Å². The number of ether oxygens (including phenoxy) is 1. The number of hydrogen-bond donors (Lipinski definition) is 1. The first-order valence-corrected chi connectivity index (χ1v) is 16.4. The van der Waals surface area contributed by atoms with Gasteiger partial charge in [0.1, 0.15) is 5.78 Å². The fourth-order valence-electron chi connectivity index (χ4n) is 5.93. The van der Waals surface area contributed by atoms with Gasteiger partial charge in [0, 0.05) is 73.8 Å². The average Bonchev–Trinajstić information content (AvgIpc) is 3.01. The van der Waals surface area contributed by atoms with Gasteiger partial charge in [0.15, 0.2) is 5.75 Å². The summed E-state index contributed by atoms with van der Waals surface area (Å²) in [5, 5.41) is 9.99. The standard InChI is InChI=1S/C33H40Cl2N6O4/c1-2-3-28(42)14-23-4-7-40(8-5-23)22-24-15-30(25-17-26(34)19-27(35)18-25)38-31(16-24)45-29-20-36-33(37-21-29)41-12-10-39(11-13-41)9-6-32(43)44/h15-21,23H,2-14,22H2,1H3,(H,43,44). The third kappa shape index (κ3) is 9.84. The van der Waals surface area contributed by atoms with Gasteiger partial charge >= 0.3 is 5.97 Å². The molecule has 12 heteroatoms. The Hall–Kier alpha value is -3.31. The Morgan fingerprint density at radius 2 is 1.60 bits per heavy atom. The van der Waals surface area contributed by atoms with E-state index in [4.69, 9.17) is 38.0 Å². The van der Waals surface area contributed by atoms with Crippen molar-refractivity contribution in [1.29, 1.82) is 0 Å². The number of aliphatic carboxylic acids is 1. The molecule has 0 aliphatic carbocycles. The van der Waals surface area contributed by atoms with Gasteiger partial charge in [-0.1, -0.05) is 30.1 Å². The highest BCUT2D eigenvalue weighted by Crippen LogP contribution is 2.31. The van der Waals surface area contributed by atoms with E-state index in [0.29, 0.717) is 64.4 Å². The van der Waals surface area contributed by atoms with Gasteiger partial charge in [-0.2, -0.15) is 0 Å². The fraction of sp³-hybridized carbons (Fsp3) is 0.485. The fourth-order valence-corrected chi connectivity index (χ4v) is 6.46. The van der Waals surface area contributed by atoms with E-state index in [2.05, 4.69) is 31.6 Å². The Morgan fingerprint density at radius 3 is 2.24 bits per heavy atom. The van der Waals surface area contributed by atoms with Gasteiger partial charge in [0.2, 0.25) is 11.8 Å². The number of ketones is 1. The zero-order valence-electron chi connectivity index (χ0n) is 25.6. The molecule has 0 saturated carbocycles. The first-order chi connectivity index (χ1) is 21.7. The van der Waals surface area contributed by atoms with Crippen molar-refractivity contribution in [2.24, 2.45) is 5.92 Å². The summed E-state index contributed by atoms with van der Waals surface area (Å²) in [4.78, 5) is 43.5. The maximum atomic E-state index is 12.2. The number of halogens is 2. The summed E-state index contributed by atoms with van der Waals surface area (Å²) in [7, 11) is 0. The lowest BCUT2D eigenvalue weighted by molar-refractivity contribution is -0.137. The molecule has 0 amide bonds. The Balaban J connectivity index is 1.26. The van der Waals surface area contributed by atoms with Gasteiger partial charge in [-0.3, -0.25) is 19.4 Å². The highest BCUT2D eigenvalue weighted by atomic mass is 35.5. The van der Waals surface area contributed by atoms with Crippen LogP contribution in [-0.4, -0.2) is 87.4 Å². The van der Waals surface area contributed by atoms with Gasteiger partial charge < -0.3 is 14.7 Å². The van der Waals surface area contributed by atoms with Crippen LogP contribution in [0, 0.1) is 5.92 Å². The molecule has 4 heterocycles.